The Morgan fingerprint density at radius 2 is 1.59 bits per heavy atom. The molecule has 0 aliphatic rings. The van der Waals surface area contributed by atoms with E-state index in [9.17, 15) is 18.3 Å². The zero-order valence-corrected chi connectivity index (χ0v) is 22.3. The number of hydrogen-bond acceptors (Lipinski definition) is 5. The fourth-order valence-electron chi connectivity index (χ4n) is 4.07. The number of aliphatic hydroxyl groups is 1. The number of carbonyl (C=O) groups is 1. The lowest BCUT2D eigenvalue weighted by molar-refractivity contribution is 0.0831. The van der Waals surface area contributed by atoms with Crippen molar-refractivity contribution >= 4 is 21.6 Å². The Labute approximate surface area is 220 Å². The van der Waals surface area contributed by atoms with Crippen LogP contribution in [-0.2, 0) is 22.9 Å². The average Bonchev–Trinajstić information content (AvgIpc) is 2.91. The number of carbonyl (C=O) groups excluding carboxylic acids is 1. The summed E-state index contributed by atoms with van der Waals surface area (Å²) < 4.78 is 26.2. The van der Waals surface area contributed by atoms with Crippen LogP contribution in [0.25, 0.3) is 0 Å². The van der Waals surface area contributed by atoms with Crippen LogP contribution >= 0.6 is 0 Å². The van der Waals surface area contributed by atoms with E-state index in [1.54, 1.807) is 24.3 Å². The molecule has 2 atom stereocenters. The van der Waals surface area contributed by atoms with Crippen molar-refractivity contribution in [2.75, 3.05) is 30.2 Å². The van der Waals surface area contributed by atoms with Crippen LogP contribution in [0.1, 0.15) is 34.8 Å². The molecule has 3 aromatic carbocycles. The van der Waals surface area contributed by atoms with Gasteiger partial charge in [0.25, 0.3) is 5.91 Å². The zero-order chi connectivity index (χ0) is 26.7. The number of nitrogens with one attached hydrogen (secondary N) is 2. The summed E-state index contributed by atoms with van der Waals surface area (Å²) in [6.07, 6.45) is 0.977. The Morgan fingerprint density at radius 1 is 0.946 bits per heavy atom. The van der Waals surface area contributed by atoms with Crippen molar-refractivity contribution in [2.24, 2.45) is 0 Å². The Balaban J connectivity index is 1.68. The average molecular weight is 524 g/mol. The largest absolute Gasteiger partial charge is 0.390 e. The molecule has 0 aliphatic carbocycles. The second kappa shape index (κ2) is 13.9. The number of amides is 1. The van der Waals surface area contributed by atoms with Gasteiger partial charge >= 0.3 is 0 Å². The van der Waals surface area contributed by atoms with Crippen LogP contribution in [-0.4, -0.2) is 57.5 Å². The second-order valence-corrected chi connectivity index (χ2v) is 11.2. The van der Waals surface area contributed by atoms with Gasteiger partial charge in [0.15, 0.2) is 0 Å². The topological polar surface area (TPSA) is 98.7 Å². The van der Waals surface area contributed by atoms with E-state index in [0.29, 0.717) is 37.2 Å². The molecule has 0 saturated heterocycles. The highest BCUT2D eigenvalue weighted by atomic mass is 32.2. The summed E-state index contributed by atoms with van der Waals surface area (Å²) in [5.41, 5.74) is 2.96. The highest BCUT2D eigenvalue weighted by molar-refractivity contribution is 7.92. The lowest BCUT2D eigenvalue weighted by Gasteiger charge is -2.25. The second-order valence-electron chi connectivity index (χ2n) is 9.11. The van der Waals surface area contributed by atoms with Crippen LogP contribution in [0.3, 0.4) is 0 Å². The SMILES string of the molecule is CCCS(=O)(=O)N(C)c1cccc(C(=O)N[C@@H](Cc2ccccc2)[C@@H](O)CNCCc2ccccc2)c1. The maximum absolute atomic E-state index is 13.2. The molecule has 3 N–H and O–H groups in total. The molecule has 37 heavy (non-hydrogen) atoms. The molecule has 7 nitrogen and oxygen atoms in total. The maximum Gasteiger partial charge on any atom is 0.251 e. The molecule has 0 aromatic heterocycles. The molecular weight excluding hydrogens is 486 g/mol. The van der Waals surface area contributed by atoms with Gasteiger partial charge in [-0.1, -0.05) is 73.7 Å². The van der Waals surface area contributed by atoms with Gasteiger partial charge in [0.1, 0.15) is 0 Å². The van der Waals surface area contributed by atoms with Gasteiger partial charge in [-0.05, 0) is 55.1 Å². The lowest BCUT2D eigenvalue weighted by Crippen LogP contribution is -2.49. The van der Waals surface area contributed by atoms with E-state index in [1.165, 1.54) is 16.9 Å². The van der Waals surface area contributed by atoms with E-state index in [-0.39, 0.29) is 11.7 Å². The van der Waals surface area contributed by atoms with E-state index in [2.05, 4.69) is 22.8 Å². The van der Waals surface area contributed by atoms with Crippen LogP contribution in [0.15, 0.2) is 84.9 Å². The molecule has 3 aromatic rings. The van der Waals surface area contributed by atoms with E-state index < -0.39 is 22.2 Å². The van der Waals surface area contributed by atoms with Crippen molar-refractivity contribution in [3.63, 3.8) is 0 Å². The number of benzene rings is 3. The number of anilines is 1. The lowest BCUT2D eigenvalue weighted by atomic mass is 10.00. The number of sulfonamides is 1. The fourth-order valence-corrected chi connectivity index (χ4v) is 5.30. The molecule has 0 fully saturated rings. The molecule has 198 valence electrons. The van der Waals surface area contributed by atoms with Crippen molar-refractivity contribution in [2.45, 2.75) is 38.3 Å². The zero-order valence-electron chi connectivity index (χ0n) is 21.5. The van der Waals surface area contributed by atoms with E-state index in [4.69, 9.17) is 0 Å². The summed E-state index contributed by atoms with van der Waals surface area (Å²) in [6.45, 7) is 2.83. The summed E-state index contributed by atoms with van der Waals surface area (Å²) in [5, 5.41) is 17.3. The molecule has 0 radical (unpaired) electrons. The van der Waals surface area contributed by atoms with E-state index >= 15 is 0 Å². The van der Waals surface area contributed by atoms with Gasteiger partial charge in [0.2, 0.25) is 10.0 Å². The number of rotatable bonds is 14. The van der Waals surface area contributed by atoms with Crippen LogP contribution in [0, 0.1) is 0 Å². The summed E-state index contributed by atoms with van der Waals surface area (Å²) in [6, 6.07) is 25.8. The third kappa shape index (κ3) is 8.70. The van der Waals surface area contributed by atoms with Gasteiger partial charge in [0, 0.05) is 19.2 Å². The standard InChI is InChI=1S/C29H37N3O4S/c1-3-19-37(35,36)32(2)26-16-10-15-25(21-26)29(34)31-27(20-24-13-8-5-9-14-24)28(33)22-30-18-17-23-11-6-4-7-12-23/h4-16,21,27-28,30,33H,3,17-20,22H2,1-2H3,(H,31,34)/t27-,28-/m0/s1. The predicted molar refractivity (Wildman–Crippen MR) is 149 cm³/mol. The van der Waals surface area contributed by atoms with E-state index in [0.717, 1.165) is 12.0 Å². The van der Waals surface area contributed by atoms with Crippen molar-refractivity contribution < 1.29 is 18.3 Å². The number of aliphatic hydroxyl groups excluding tert-OH is 1. The minimum Gasteiger partial charge on any atom is -0.390 e. The monoisotopic (exact) mass is 523 g/mol. The van der Waals surface area contributed by atoms with Crippen molar-refractivity contribution in [1.29, 1.82) is 0 Å². The third-order valence-electron chi connectivity index (χ3n) is 6.22. The molecule has 8 heteroatoms. The van der Waals surface area contributed by atoms with Crippen molar-refractivity contribution in [3.05, 3.63) is 102 Å². The van der Waals surface area contributed by atoms with Gasteiger partial charge < -0.3 is 15.7 Å². The molecular formula is C29H37N3O4S. The van der Waals surface area contributed by atoms with Crippen molar-refractivity contribution in [3.8, 4) is 0 Å². The summed E-state index contributed by atoms with van der Waals surface area (Å²) in [5.74, 6) is -0.338. The number of hydrogen-bond donors (Lipinski definition) is 3. The molecule has 0 spiro atoms. The van der Waals surface area contributed by atoms with E-state index in [1.807, 2.05) is 55.5 Å². The fraction of sp³-hybridized carbons (Fsp3) is 0.345. The Hall–Kier alpha value is -3.20. The van der Waals surface area contributed by atoms with Gasteiger partial charge in [-0.25, -0.2) is 8.42 Å². The molecule has 0 aliphatic heterocycles. The third-order valence-corrected chi connectivity index (χ3v) is 8.19. The maximum atomic E-state index is 13.2. The molecule has 1 amide bonds. The Kier molecular flexibility index (Phi) is 10.7. The molecule has 0 bridgehead atoms. The summed E-state index contributed by atoms with van der Waals surface area (Å²) in [7, 11) is -1.97. The highest BCUT2D eigenvalue weighted by Crippen LogP contribution is 2.19. The first-order valence-electron chi connectivity index (χ1n) is 12.6. The highest BCUT2D eigenvalue weighted by Gasteiger charge is 2.23. The van der Waals surface area contributed by atoms with Crippen LogP contribution in [0.4, 0.5) is 5.69 Å². The normalized spacial score (nSPS) is 13.1. The van der Waals surface area contributed by atoms with Crippen LogP contribution in [0.2, 0.25) is 0 Å². The first-order chi connectivity index (χ1) is 17.8. The van der Waals surface area contributed by atoms with Gasteiger partial charge in [-0.3, -0.25) is 9.10 Å². The van der Waals surface area contributed by atoms with Gasteiger partial charge in [0.05, 0.1) is 23.6 Å². The number of nitrogens with zero attached hydrogens (tertiary/aromatic N) is 1. The first-order valence-corrected chi connectivity index (χ1v) is 14.2. The molecule has 0 heterocycles. The Morgan fingerprint density at radius 3 is 2.24 bits per heavy atom. The molecule has 0 saturated carbocycles. The minimum absolute atomic E-state index is 0.0303. The van der Waals surface area contributed by atoms with Crippen LogP contribution in [0.5, 0.6) is 0 Å². The predicted octanol–water partition coefficient (Wildman–Crippen LogP) is 3.40. The minimum atomic E-state index is -3.46. The molecule has 0 unspecified atom stereocenters. The van der Waals surface area contributed by atoms with Crippen LogP contribution < -0.4 is 14.9 Å². The Bertz CT molecular complexity index is 1220. The summed E-state index contributed by atoms with van der Waals surface area (Å²) in [4.78, 5) is 13.2. The smallest absolute Gasteiger partial charge is 0.251 e. The summed E-state index contributed by atoms with van der Waals surface area (Å²) >= 11 is 0. The van der Waals surface area contributed by atoms with Gasteiger partial charge in [-0.2, -0.15) is 0 Å². The van der Waals surface area contributed by atoms with Gasteiger partial charge in [-0.15, -0.1) is 0 Å². The molecule has 3 rings (SSSR count). The van der Waals surface area contributed by atoms with Crippen molar-refractivity contribution in [1.82, 2.24) is 10.6 Å². The quantitative estimate of drug-likeness (QED) is 0.281. The first kappa shape index (κ1) is 28.4.